The Morgan fingerprint density at radius 1 is 1.36 bits per heavy atom. The van der Waals surface area contributed by atoms with Gasteiger partial charge in [0, 0.05) is 0 Å². The number of carbonyl (C=O) groups excluding carboxylic acids is 1. The number of rotatable bonds is 1. The summed E-state index contributed by atoms with van der Waals surface area (Å²) in [5.41, 5.74) is -0.839. The number of Topliss-reactive ketones (excluding diaryl/α,β-unsaturated/α-hetero) is 1. The van der Waals surface area contributed by atoms with Crippen LogP contribution in [0.2, 0.25) is 0 Å². The number of carbonyl (C=O) groups is 1. The lowest BCUT2D eigenvalue weighted by molar-refractivity contribution is -0.135. The van der Waals surface area contributed by atoms with Gasteiger partial charge >= 0.3 is 0 Å². The van der Waals surface area contributed by atoms with E-state index in [2.05, 4.69) is 0 Å². The topological polar surface area (TPSA) is 35.5 Å². The highest BCUT2D eigenvalue weighted by atomic mass is 16.6. The Hall–Kier alpha value is -1.51. The first-order valence-electron chi connectivity index (χ1n) is 4.54. The average molecular weight is 192 g/mol. The number of ether oxygens (including phenoxy) is 2. The minimum atomic E-state index is -0.839. The van der Waals surface area contributed by atoms with E-state index in [-0.39, 0.29) is 12.4 Å². The van der Waals surface area contributed by atoms with Gasteiger partial charge in [-0.2, -0.15) is 0 Å². The van der Waals surface area contributed by atoms with E-state index in [4.69, 9.17) is 9.47 Å². The number of benzene rings is 1. The maximum Gasteiger partial charge on any atom is 0.197 e. The van der Waals surface area contributed by atoms with Gasteiger partial charge in [0.2, 0.25) is 0 Å². The van der Waals surface area contributed by atoms with Gasteiger partial charge in [-0.1, -0.05) is 12.1 Å². The molecule has 0 saturated carbocycles. The van der Waals surface area contributed by atoms with Crippen molar-refractivity contribution in [2.24, 2.45) is 0 Å². The molecule has 0 aromatic heterocycles. The van der Waals surface area contributed by atoms with Crippen molar-refractivity contribution in [1.82, 2.24) is 0 Å². The van der Waals surface area contributed by atoms with Gasteiger partial charge in [-0.15, -0.1) is 0 Å². The molecule has 1 aliphatic rings. The Balaban J connectivity index is 2.34. The quantitative estimate of drug-likeness (QED) is 0.680. The van der Waals surface area contributed by atoms with Crippen molar-refractivity contribution >= 4 is 5.78 Å². The van der Waals surface area contributed by atoms with Gasteiger partial charge in [-0.3, -0.25) is 4.79 Å². The van der Waals surface area contributed by atoms with E-state index in [0.29, 0.717) is 11.5 Å². The molecule has 0 bridgehead atoms. The van der Waals surface area contributed by atoms with Crippen LogP contribution in [0.3, 0.4) is 0 Å². The summed E-state index contributed by atoms with van der Waals surface area (Å²) in [5, 5.41) is 0. The first-order valence-corrected chi connectivity index (χ1v) is 4.54. The van der Waals surface area contributed by atoms with Crippen LogP contribution < -0.4 is 9.47 Å². The van der Waals surface area contributed by atoms with Crippen molar-refractivity contribution in [3.63, 3.8) is 0 Å². The van der Waals surface area contributed by atoms with Crippen LogP contribution in [0.5, 0.6) is 11.5 Å². The van der Waals surface area contributed by atoms with Gasteiger partial charge in [-0.05, 0) is 26.0 Å². The van der Waals surface area contributed by atoms with E-state index < -0.39 is 5.60 Å². The Labute approximate surface area is 82.6 Å². The summed E-state index contributed by atoms with van der Waals surface area (Å²) < 4.78 is 11.1. The molecular weight excluding hydrogens is 180 g/mol. The molecule has 74 valence electrons. The molecule has 0 radical (unpaired) electrons. The largest absolute Gasteiger partial charge is 0.485 e. The van der Waals surface area contributed by atoms with Gasteiger partial charge in [0.1, 0.15) is 6.61 Å². The second-order valence-electron chi connectivity index (χ2n) is 3.62. The molecule has 1 aliphatic heterocycles. The molecule has 1 atom stereocenters. The Kier molecular flexibility index (Phi) is 1.95. The van der Waals surface area contributed by atoms with Crippen LogP contribution in [-0.4, -0.2) is 18.0 Å². The van der Waals surface area contributed by atoms with Crippen molar-refractivity contribution in [2.75, 3.05) is 6.61 Å². The molecule has 1 aromatic rings. The number of para-hydroxylation sites is 2. The predicted octanol–water partition coefficient (Wildman–Crippen LogP) is 1.81. The van der Waals surface area contributed by atoms with E-state index in [1.54, 1.807) is 13.0 Å². The Morgan fingerprint density at radius 3 is 2.64 bits per heavy atom. The van der Waals surface area contributed by atoms with E-state index >= 15 is 0 Å². The van der Waals surface area contributed by atoms with E-state index in [9.17, 15) is 4.79 Å². The predicted molar refractivity (Wildman–Crippen MR) is 51.7 cm³/mol. The highest BCUT2D eigenvalue weighted by Gasteiger charge is 2.37. The first-order chi connectivity index (χ1) is 6.62. The summed E-state index contributed by atoms with van der Waals surface area (Å²) in [5.74, 6) is 1.31. The summed E-state index contributed by atoms with van der Waals surface area (Å²) >= 11 is 0. The standard InChI is InChI=1S/C11H12O3/c1-8(12)11(2)7-13-9-5-3-4-6-10(9)14-11/h3-6H,7H2,1-2H3. The van der Waals surface area contributed by atoms with Gasteiger partial charge < -0.3 is 9.47 Å². The molecule has 14 heavy (non-hydrogen) atoms. The third kappa shape index (κ3) is 1.35. The number of fused-ring (bicyclic) bond motifs is 1. The number of hydrogen-bond acceptors (Lipinski definition) is 3. The van der Waals surface area contributed by atoms with Crippen LogP contribution in [0, 0.1) is 0 Å². The molecule has 0 N–H and O–H groups in total. The maximum absolute atomic E-state index is 11.3. The minimum absolute atomic E-state index is 0.0213. The van der Waals surface area contributed by atoms with Crippen molar-refractivity contribution < 1.29 is 14.3 Å². The van der Waals surface area contributed by atoms with Gasteiger partial charge in [0.05, 0.1) is 0 Å². The molecule has 0 saturated heterocycles. The zero-order valence-electron chi connectivity index (χ0n) is 8.24. The summed E-state index contributed by atoms with van der Waals surface area (Å²) in [6, 6.07) is 7.36. The van der Waals surface area contributed by atoms with Crippen LogP contribution >= 0.6 is 0 Å². The second-order valence-corrected chi connectivity index (χ2v) is 3.62. The monoisotopic (exact) mass is 192 g/mol. The van der Waals surface area contributed by atoms with Crippen LogP contribution in [0.15, 0.2) is 24.3 Å². The molecule has 0 spiro atoms. The van der Waals surface area contributed by atoms with Gasteiger partial charge in [0.25, 0.3) is 0 Å². The SMILES string of the molecule is CC(=O)C1(C)COc2ccccc2O1. The fourth-order valence-corrected chi connectivity index (χ4v) is 1.31. The molecule has 3 nitrogen and oxygen atoms in total. The van der Waals surface area contributed by atoms with Gasteiger partial charge in [-0.25, -0.2) is 0 Å². The van der Waals surface area contributed by atoms with E-state index in [0.717, 1.165) is 0 Å². The summed E-state index contributed by atoms with van der Waals surface area (Å²) in [7, 11) is 0. The number of ketones is 1. The molecule has 3 heteroatoms. The smallest absolute Gasteiger partial charge is 0.197 e. The van der Waals surface area contributed by atoms with Crippen molar-refractivity contribution in [3.8, 4) is 11.5 Å². The summed E-state index contributed by atoms with van der Waals surface area (Å²) in [6.07, 6.45) is 0. The summed E-state index contributed by atoms with van der Waals surface area (Å²) in [6.45, 7) is 3.53. The normalized spacial score (nSPS) is 24.4. The first kappa shape index (κ1) is 9.06. The lowest BCUT2D eigenvalue weighted by Gasteiger charge is -2.33. The zero-order chi connectivity index (χ0) is 10.2. The molecule has 1 heterocycles. The van der Waals surface area contributed by atoms with Crippen LogP contribution in [0.1, 0.15) is 13.8 Å². The third-order valence-electron chi connectivity index (χ3n) is 2.43. The van der Waals surface area contributed by atoms with Crippen LogP contribution in [-0.2, 0) is 4.79 Å². The Bertz CT molecular complexity index is 373. The minimum Gasteiger partial charge on any atom is -0.485 e. The average Bonchev–Trinajstić information content (AvgIpc) is 2.17. The van der Waals surface area contributed by atoms with Crippen LogP contribution in [0.25, 0.3) is 0 Å². The Morgan fingerprint density at radius 2 is 2.00 bits per heavy atom. The lowest BCUT2D eigenvalue weighted by atomic mass is 10.0. The third-order valence-corrected chi connectivity index (χ3v) is 2.43. The van der Waals surface area contributed by atoms with E-state index in [1.165, 1.54) is 6.92 Å². The summed E-state index contributed by atoms with van der Waals surface area (Å²) in [4.78, 5) is 11.3. The van der Waals surface area contributed by atoms with Crippen molar-refractivity contribution in [2.45, 2.75) is 19.4 Å². The fraction of sp³-hybridized carbons (Fsp3) is 0.364. The highest BCUT2D eigenvalue weighted by Crippen LogP contribution is 2.34. The van der Waals surface area contributed by atoms with Crippen molar-refractivity contribution in [1.29, 1.82) is 0 Å². The maximum atomic E-state index is 11.3. The molecule has 0 fully saturated rings. The molecule has 0 amide bonds. The molecule has 2 rings (SSSR count). The van der Waals surface area contributed by atoms with Crippen molar-refractivity contribution in [3.05, 3.63) is 24.3 Å². The number of hydrogen-bond donors (Lipinski definition) is 0. The molecular formula is C11H12O3. The molecule has 0 aliphatic carbocycles. The second kappa shape index (κ2) is 3.01. The fourth-order valence-electron chi connectivity index (χ4n) is 1.31. The lowest BCUT2D eigenvalue weighted by Crippen LogP contribution is -2.47. The van der Waals surface area contributed by atoms with Crippen LogP contribution in [0.4, 0.5) is 0 Å². The van der Waals surface area contributed by atoms with Gasteiger partial charge in [0.15, 0.2) is 22.9 Å². The highest BCUT2D eigenvalue weighted by molar-refractivity contribution is 5.85. The zero-order valence-corrected chi connectivity index (χ0v) is 8.24. The van der Waals surface area contributed by atoms with E-state index in [1.807, 2.05) is 18.2 Å². The molecule has 1 aromatic carbocycles. The molecule has 1 unspecified atom stereocenters.